The number of piperidine rings is 1. The fraction of sp³-hybridized carbons (Fsp3) is 0.321. The number of nitrogens with zero attached hydrogens (tertiary/aromatic N) is 2. The smallest absolute Gasteiger partial charge is 0.243 e. The van der Waals surface area contributed by atoms with Gasteiger partial charge in [0, 0.05) is 25.3 Å². The number of carbonyl (C=O) groups is 1. The summed E-state index contributed by atoms with van der Waals surface area (Å²) in [5.74, 6) is 0.994. The van der Waals surface area contributed by atoms with Crippen molar-refractivity contribution >= 4 is 31.6 Å². The molecule has 1 amide bonds. The lowest BCUT2D eigenvalue weighted by Crippen LogP contribution is -2.38. The first kappa shape index (κ1) is 28.1. The van der Waals surface area contributed by atoms with Crippen molar-refractivity contribution in [1.82, 2.24) is 8.61 Å². The molecule has 1 saturated heterocycles. The lowest BCUT2D eigenvalue weighted by molar-refractivity contribution is -0.116. The highest BCUT2D eigenvalue weighted by Gasteiger charge is 2.31. The largest absolute Gasteiger partial charge is 0.454 e. The molecular formula is C28H31N3O7S2. The average molecular weight is 586 g/mol. The number of sulfonamides is 2. The molecule has 0 aromatic heterocycles. The van der Waals surface area contributed by atoms with Gasteiger partial charge >= 0.3 is 0 Å². The number of nitrogens with one attached hydrogen (secondary N) is 1. The van der Waals surface area contributed by atoms with Gasteiger partial charge in [-0.2, -0.15) is 8.61 Å². The molecule has 10 nitrogen and oxygen atoms in total. The first-order chi connectivity index (χ1) is 19.1. The summed E-state index contributed by atoms with van der Waals surface area (Å²) in [6.07, 6.45) is 1.57. The second-order valence-corrected chi connectivity index (χ2v) is 13.8. The third-order valence-corrected chi connectivity index (χ3v) is 10.7. The van der Waals surface area contributed by atoms with Crippen LogP contribution in [0.3, 0.4) is 0 Å². The van der Waals surface area contributed by atoms with Crippen LogP contribution in [0, 0.1) is 5.92 Å². The topological polar surface area (TPSA) is 122 Å². The Kier molecular flexibility index (Phi) is 8.13. The van der Waals surface area contributed by atoms with Crippen LogP contribution >= 0.6 is 0 Å². The van der Waals surface area contributed by atoms with E-state index < -0.39 is 32.5 Å². The Labute approximate surface area is 234 Å². The van der Waals surface area contributed by atoms with Crippen molar-refractivity contribution in [3.05, 3.63) is 78.4 Å². The van der Waals surface area contributed by atoms with Gasteiger partial charge in [0.25, 0.3) is 0 Å². The third-order valence-electron chi connectivity index (χ3n) is 7.02. The van der Waals surface area contributed by atoms with Crippen molar-refractivity contribution in [3.63, 3.8) is 0 Å². The number of amides is 1. The number of ether oxygens (including phenoxy) is 2. The Morgan fingerprint density at radius 1 is 0.900 bits per heavy atom. The molecular weight excluding hydrogens is 554 g/mol. The summed E-state index contributed by atoms with van der Waals surface area (Å²) in [6, 6.07) is 19.0. The maximum atomic E-state index is 13.8. The van der Waals surface area contributed by atoms with Gasteiger partial charge in [-0.3, -0.25) is 4.79 Å². The van der Waals surface area contributed by atoms with Gasteiger partial charge < -0.3 is 14.8 Å². The van der Waals surface area contributed by atoms with Crippen molar-refractivity contribution in [2.45, 2.75) is 36.1 Å². The highest BCUT2D eigenvalue weighted by Crippen LogP contribution is 2.33. The summed E-state index contributed by atoms with van der Waals surface area (Å²) in [4.78, 5) is 12.8. The summed E-state index contributed by atoms with van der Waals surface area (Å²) in [6.45, 7) is 2.46. The first-order valence-electron chi connectivity index (χ1n) is 13.0. The molecule has 1 N–H and O–H groups in total. The van der Waals surface area contributed by atoms with E-state index in [0.29, 0.717) is 41.8 Å². The van der Waals surface area contributed by atoms with E-state index >= 15 is 0 Å². The Balaban J connectivity index is 1.40. The molecule has 2 aliphatic rings. The number of benzene rings is 3. The summed E-state index contributed by atoms with van der Waals surface area (Å²) in [7, 11) is -7.94. The number of anilines is 1. The Hall–Kier alpha value is -3.45. The van der Waals surface area contributed by atoms with Crippen LogP contribution in [0.25, 0.3) is 0 Å². The van der Waals surface area contributed by atoms with E-state index in [1.54, 1.807) is 42.5 Å². The normalized spacial score (nSPS) is 16.2. The van der Waals surface area contributed by atoms with Gasteiger partial charge in [-0.25, -0.2) is 16.8 Å². The minimum absolute atomic E-state index is 0.0325. The summed E-state index contributed by atoms with van der Waals surface area (Å²) in [5, 5.41) is 2.72. The maximum Gasteiger partial charge on any atom is 0.243 e. The minimum Gasteiger partial charge on any atom is -0.454 e. The van der Waals surface area contributed by atoms with Crippen LogP contribution in [0.5, 0.6) is 11.5 Å². The zero-order valence-corrected chi connectivity index (χ0v) is 23.7. The molecule has 212 valence electrons. The average Bonchev–Trinajstić information content (AvgIpc) is 3.41. The zero-order valence-electron chi connectivity index (χ0n) is 22.0. The quantitative estimate of drug-likeness (QED) is 0.407. The summed E-state index contributed by atoms with van der Waals surface area (Å²) in [5.41, 5.74) is 1.13. The van der Waals surface area contributed by atoms with Crippen molar-refractivity contribution in [1.29, 1.82) is 0 Å². The molecule has 0 aliphatic carbocycles. The van der Waals surface area contributed by atoms with Crippen molar-refractivity contribution in [3.8, 4) is 11.5 Å². The molecule has 0 saturated carbocycles. The van der Waals surface area contributed by atoms with Crippen LogP contribution < -0.4 is 14.8 Å². The highest BCUT2D eigenvalue weighted by molar-refractivity contribution is 7.89. The molecule has 3 aromatic rings. The Bertz CT molecular complexity index is 1570. The SMILES string of the molecule is CC1CCN(S(=O)(=O)c2ccc(S(=O)(=O)N(CC(=O)Nc3ccccc3)Cc3ccc4c(c3)OCO4)cc2)CC1. The molecule has 40 heavy (non-hydrogen) atoms. The highest BCUT2D eigenvalue weighted by atomic mass is 32.2. The molecule has 12 heteroatoms. The molecule has 0 bridgehead atoms. The molecule has 2 heterocycles. The molecule has 0 atom stereocenters. The lowest BCUT2D eigenvalue weighted by Gasteiger charge is -2.29. The fourth-order valence-electron chi connectivity index (χ4n) is 4.66. The molecule has 3 aromatic carbocycles. The molecule has 0 radical (unpaired) electrons. The van der Waals surface area contributed by atoms with Crippen molar-refractivity contribution in [2.24, 2.45) is 5.92 Å². The second kappa shape index (κ2) is 11.6. The third kappa shape index (κ3) is 6.15. The van der Waals surface area contributed by atoms with Crippen molar-refractivity contribution in [2.75, 3.05) is 31.7 Å². The first-order valence-corrected chi connectivity index (χ1v) is 15.8. The Morgan fingerprint density at radius 2 is 1.55 bits per heavy atom. The van der Waals surface area contributed by atoms with E-state index in [-0.39, 0.29) is 23.1 Å². The van der Waals surface area contributed by atoms with Gasteiger partial charge in [0.15, 0.2) is 11.5 Å². The van der Waals surface area contributed by atoms with Crippen LogP contribution in [0.2, 0.25) is 0 Å². The maximum absolute atomic E-state index is 13.8. The van der Waals surface area contributed by atoms with Gasteiger partial charge in [-0.05, 0) is 72.9 Å². The van der Waals surface area contributed by atoms with E-state index in [4.69, 9.17) is 9.47 Å². The standard InChI is InChI=1S/C28H31N3O7S2/c1-21-13-15-30(16-14-21)39(33,34)24-8-10-25(11-9-24)40(35,36)31(19-28(32)29-23-5-3-2-4-6-23)18-22-7-12-26-27(17-22)38-20-37-26/h2-12,17,21H,13-16,18-20H2,1H3,(H,29,32). The van der Waals surface area contributed by atoms with Gasteiger partial charge in [-0.15, -0.1) is 0 Å². The number of para-hydroxylation sites is 1. The van der Waals surface area contributed by atoms with Gasteiger partial charge in [0.1, 0.15) is 0 Å². The monoisotopic (exact) mass is 585 g/mol. The van der Waals surface area contributed by atoms with E-state index in [1.807, 2.05) is 6.07 Å². The molecule has 0 spiro atoms. The summed E-state index contributed by atoms with van der Waals surface area (Å²) < 4.78 is 67.1. The van der Waals surface area contributed by atoms with Gasteiger partial charge in [0.2, 0.25) is 32.7 Å². The number of hydrogen-bond donors (Lipinski definition) is 1. The minimum atomic E-state index is -4.20. The number of rotatable bonds is 9. The summed E-state index contributed by atoms with van der Waals surface area (Å²) >= 11 is 0. The van der Waals surface area contributed by atoms with E-state index in [1.165, 1.54) is 28.6 Å². The number of fused-ring (bicyclic) bond motifs is 1. The fourth-order valence-corrected chi connectivity index (χ4v) is 7.51. The van der Waals surface area contributed by atoms with Gasteiger partial charge in [-0.1, -0.05) is 31.2 Å². The van der Waals surface area contributed by atoms with Crippen LogP contribution in [-0.2, 0) is 31.4 Å². The Morgan fingerprint density at radius 3 is 2.25 bits per heavy atom. The lowest BCUT2D eigenvalue weighted by atomic mass is 10.0. The van der Waals surface area contributed by atoms with Crippen LogP contribution in [0.15, 0.2) is 82.6 Å². The van der Waals surface area contributed by atoms with Crippen LogP contribution in [0.1, 0.15) is 25.3 Å². The molecule has 2 aliphatic heterocycles. The molecule has 5 rings (SSSR count). The number of carbonyl (C=O) groups excluding carboxylic acids is 1. The van der Waals surface area contributed by atoms with Crippen molar-refractivity contribution < 1.29 is 31.1 Å². The van der Waals surface area contributed by atoms with Gasteiger partial charge in [0.05, 0.1) is 16.3 Å². The predicted molar refractivity (Wildman–Crippen MR) is 149 cm³/mol. The molecule has 1 fully saturated rings. The van der Waals surface area contributed by atoms with E-state index in [9.17, 15) is 21.6 Å². The van der Waals surface area contributed by atoms with Crippen LogP contribution in [0.4, 0.5) is 5.69 Å². The second-order valence-electron chi connectivity index (χ2n) is 9.93. The molecule has 0 unspecified atom stereocenters. The predicted octanol–water partition coefficient (Wildman–Crippen LogP) is 3.67. The zero-order chi connectivity index (χ0) is 28.3. The van der Waals surface area contributed by atoms with E-state index in [0.717, 1.165) is 17.1 Å². The number of hydrogen-bond acceptors (Lipinski definition) is 7. The van der Waals surface area contributed by atoms with E-state index in [2.05, 4.69) is 12.2 Å². The van der Waals surface area contributed by atoms with Crippen LogP contribution in [-0.4, -0.2) is 57.8 Å².